The van der Waals surface area contributed by atoms with Gasteiger partial charge in [0.1, 0.15) is 4.87 Å². The first-order valence-electron chi connectivity index (χ1n) is 9.98. The molecule has 0 radical (unpaired) electrons. The quantitative estimate of drug-likeness (QED) is 0.727. The molecular weight excluding hydrogens is 402 g/mol. The molecule has 0 aromatic heterocycles. The van der Waals surface area contributed by atoms with Gasteiger partial charge >= 0.3 is 5.97 Å². The molecule has 1 atom stereocenters. The second kappa shape index (κ2) is 8.79. The van der Waals surface area contributed by atoms with Crippen LogP contribution >= 0.6 is 11.8 Å². The molecular formula is C22H31N3O4S. The van der Waals surface area contributed by atoms with E-state index in [0.29, 0.717) is 18.0 Å². The van der Waals surface area contributed by atoms with Gasteiger partial charge in [0.2, 0.25) is 11.8 Å². The van der Waals surface area contributed by atoms with Crippen molar-refractivity contribution in [2.45, 2.75) is 65.7 Å². The molecule has 0 bridgehead atoms. The van der Waals surface area contributed by atoms with Crippen LogP contribution in [0.2, 0.25) is 0 Å². The fourth-order valence-electron chi connectivity index (χ4n) is 2.92. The summed E-state index contributed by atoms with van der Waals surface area (Å²) in [7, 11) is 0. The number of carbonyl (C=O) groups is 3. The number of hydrogen-bond donors (Lipinski definition) is 2. The maximum atomic E-state index is 13.4. The van der Waals surface area contributed by atoms with Gasteiger partial charge in [-0.15, -0.1) is 5.10 Å². The summed E-state index contributed by atoms with van der Waals surface area (Å²) in [6, 6.07) is 9.44. The molecule has 0 fully saturated rings. The predicted octanol–water partition coefficient (Wildman–Crippen LogP) is 4.15. The molecule has 1 aromatic carbocycles. The van der Waals surface area contributed by atoms with E-state index in [1.807, 2.05) is 51.1 Å². The molecule has 0 saturated carbocycles. The van der Waals surface area contributed by atoms with E-state index in [-0.39, 0.29) is 18.2 Å². The van der Waals surface area contributed by atoms with E-state index in [4.69, 9.17) is 5.11 Å². The van der Waals surface area contributed by atoms with Crippen LogP contribution in [0.3, 0.4) is 0 Å². The zero-order valence-electron chi connectivity index (χ0n) is 18.5. The van der Waals surface area contributed by atoms with Crippen molar-refractivity contribution in [1.29, 1.82) is 0 Å². The van der Waals surface area contributed by atoms with Crippen molar-refractivity contribution >= 4 is 34.7 Å². The summed E-state index contributed by atoms with van der Waals surface area (Å²) in [5.74, 6) is -1.29. The Morgan fingerprint density at radius 1 is 1.07 bits per heavy atom. The number of carboxylic acids is 1. The molecule has 1 aliphatic heterocycles. The molecule has 2 rings (SSSR count). The summed E-state index contributed by atoms with van der Waals surface area (Å²) in [4.78, 5) is 36.1. The van der Waals surface area contributed by atoms with Gasteiger partial charge in [0.25, 0.3) is 0 Å². The third-order valence-corrected chi connectivity index (χ3v) is 5.99. The molecule has 2 N–H and O–H groups in total. The van der Waals surface area contributed by atoms with Crippen LogP contribution < -0.4 is 5.32 Å². The van der Waals surface area contributed by atoms with Crippen LogP contribution in [-0.2, 0) is 19.3 Å². The van der Waals surface area contributed by atoms with Gasteiger partial charge < -0.3 is 10.4 Å². The van der Waals surface area contributed by atoms with Crippen LogP contribution in [0.1, 0.15) is 66.4 Å². The Balaban J connectivity index is 2.51. The number of hydrogen-bond acceptors (Lipinski definition) is 5. The van der Waals surface area contributed by atoms with Gasteiger partial charge in [0.15, 0.2) is 5.17 Å². The van der Waals surface area contributed by atoms with Crippen LogP contribution in [0.15, 0.2) is 35.4 Å². The number of rotatable bonds is 5. The molecule has 8 heteroatoms. The monoisotopic (exact) mass is 433 g/mol. The van der Waals surface area contributed by atoms with Gasteiger partial charge in [-0.3, -0.25) is 14.4 Å². The molecule has 1 unspecified atom stereocenters. The van der Waals surface area contributed by atoms with E-state index in [1.165, 1.54) is 16.8 Å². The van der Waals surface area contributed by atoms with Crippen molar-refractivity contribution in [1.82, 2.24) is 10.3 Å². The Morgan fingerprint density at radius 3 is 2.17 bits per heavy atom. The van der Waals surface area contributed by atoms with Crippen LogP contribution in [0.25, 0.3) is 0 Å². The summed E-state index contributed by atoms with van der Waals surface area (Å²) < 4.78 is 0. The van der Waals surface area contributed by atoms with E-state index in [0.717, 1.165) is 5.56 Å². The summed E-state index contributed by atoms with van der Waals surface area (Å²) >= 11 is 1.29. The van der Waals surface area contributed by atoms with Gasteiger partial charge in [0, 0.05) is 17.3 Å². The first kappa shape index (κ1) is 23.9. The minimum Gasteiger partial charge on any atom is -0.481 e. The highest BCUT2D eigenvalue weighted by Crippen LogP contribution is 2.50. The van der Waals surface area contributed by atoms with Crippen molar-refractivity contribution in [2.24, 2.45) is 15.9 Å². The first-order valence-corrected chi connectivity index (χ1v) is 10.8. The topological polar surface area (TPSA) is 99.1 Å². The molecule has 0 saturated heterocycles. The average molecular weight is 434 g/mol. The molecule has 1 aliphatic rings. The number of amides is 2. The predicted molar refractivity (Wildman–Crippen MR) is 119 cm³/mol. The number of carboxylic acid groups (broad SMARTS) is 1. The number of amidine groups is 1. The average Bonchev–Trinajstić information content (AvgIpc) is 2.99. The molecule has 1 aromatic rings. The van der Waals surface area contributed by atoms with Gasteiger partial charge in [-0.2, -0.15) is 0 Å². The Morgan fingerprint density at radius 2 is 1.67 bits per heavy atom. The van der Waals surface area contributed by atoms with Crippen molar-refractivity contribution in [2.75, 3.05) is 0 Å². The maximum Gasteiger partial charge on any atom is 0.303 e. The number of aliphatic carboxylic acids is 1. The fraction of sp³-hybridized carbons (Fsp3) is 0.545. The van der Waals surface area contributed by atoms with Crippen LogP contribution in [-0.4, -0.2) is 33.1 Å². The zero-order chi connectivity index (χ0) is 22.7. The summed E-state index contributed by atoms with van der Waals surface area (Å²) in [5.41, 5.74) is -0.495. The van der Waals surface area contributed by atoms with Crippen LogP contribution in [0.4, 0.5) is 0 Å². The van der Waals surface area contributed by atoms with Crippen LogP contribution in [0, 0.1) is 10.8 Å². The highest BCUT2D eigenvalue weighted by molar-refractivity contribution is 8.14. The lowest BCUT2D eigenvalue weighted by Crippen LogP contribution is -2.46. The van der Waals surface area contributed by atoms with E-state index < -0.39 is 21.7 Å². The lowest BCUT2D eigenvalue weighted by atomic mass is 9.92. The standard InChI is InChI=1S/C22H31N3O4S/c1-20(2,3)17(28)23-19-24-25(18(29)21(4,5)6)22(30-19,14-10-13-16(26)27)15-11-8-7-9-12-15/h7-9,11-12H,10,13-14H2,1-6H3,(H,26,27)(H,23,24,28). The molecule has 0 aliphatic carbocycles. The molecule has 2 amide bonds. The third-order valence-electron chi connectivity index (χ3n) is 4.67. The Kier molecular flexibility index (Phi) is 7.01. The highest BCUT2D eigenvalue weighted by atomic mass is 32.2. The lowest BCUT2D eigenvalue weighted by molar-refractivity contribution is -0.143. The first-order chi connectivity index (χ1) is 13.8. The van der Waals surface area contributed by atoms with Gasteiger partial charge in [0.05, 0.1) is 0 Å². The molecule has 30 heavy (non-hydrogen) atoms. The molecule has 7 nitrogen and oxygen atoms in total. The van der Waals surface area contributed by atoms with Crippen molar-refractivity contribution in [3.63, 3.8) is 0 Å². The number of benzene rings is 1. The smallest absolute Gasteiger partial charge is 0.303 e. The lowest BCUT2D eigenvalue weighted by Gasteiger charge is -2.38. The zero-order valence-corrected chi connectivity index (χ0v) is 19.3. The Bertz CT molecular complexity index is 840. The highest BCUT2D eigenvalue weighted by Gasteiger charge is 2.50. The molecule has 0 spiro atoms. The summed E-state index contributed by atoms with van der Waals surface area (Å²) in [6.45, 7) is 10.9. The van der Waals surface area contributed by atoms with Crippen molar-refractivity contribution in [3.8, 4) is 0 Å². The number of nitrogens with zero attached hydrogens (tertiary/aromatic N) is 2. The second-order valence-corrected chi connectivity index (χ2v) is 10.7. The largest absolute Gasteiger partial charge is 0.481 e. The maximum absolute atomic E-state index is 13.4. The van der Waals surface area contributed by atoms with Gasteiger partial charge in [-0.1, -0.05) is 83.6 Å². The Hall–Kier alpha value is -2.35. The Labute approximate surface area is 182 Å². The van der Waals surface area contributed by atoms with E-state index >= 15 is 0 Å². The third kappa shape index (κ3) is 5.41. The van der Waals surface area contributed by atoms with Gasteiger partial charge in [-0.05, 0) is 18.4 Å². The minimum absolute atomic E-state index is 0.0175. The summed E-state index contributed by atoms with van der Waals surface area (Å²) in [5, 5.41) is 18.3. The second-order valence-electron chi connectivity index (χ2n) is 9.48. The van der Waals surface area contributed by atoms with Gasteiger partial charge in [-0.25, -0.2) is 5.01 Å². The number of hydrazone groups is 1. The number of thioether (sulfide) groups is 1. The SMILES string of the molecule is CC(C)(C)C(=O)NC1=NN(C(=O)C(C)(C)C)C(CCCC(=O)O)(c2ccccc2)S1. The molecule has 1 heterocycles. The van der Waals surface area contributed by atoms with Crippen LogP contribution in [0.5, 0.6) is 0 Å². The minimum atomic E-state index is -0.929. The number of carbonyl (C=O) groups excluding carboxylic acids is 2. The van der Waals surface area contributed by atoms with Crippen molar-refractivity contribution in [3.05, 3.63) is 35.9 Å². The molecule has 164 valence electrons. The van der Waals surface area contributed by atoms with E-state index in [1.54, 1.807) is 20.8 Å². The van der Waals surface area contributed by atoms with E-state index in [2.05, 4.69) is 10.4 Å². The summed E-state index contributed by atoms with van der Waals surface area (Å²) in [6.07, 6.45) is 0.728. The fourth-order valence-corrected chi connectivity index (χ4v) is 4.21. The normalized spacial score (nSPS) is 19.4. The number of nitrogens with one attached hydrogen (secondary N) is 1. The van der Waals surface area contributed by atoms with Crippen molar-refractivity contribution < 1.29 is 19.5 Å². The van der Waals surface area contributed by atoms with E-state index in [9.17, 15) is 14.4 Å².